The standard InChI is InChI=1S/C17H20N6OS3/c1-4-13-19-22-17(23(13)5-2)26-10-14(24)18-16-21-20-15(27-16)11-6-8-12(25-3)9-7-11/h6-9H,4-5,10H2,1-3H3,(H,18,21,24). The van der Waals surface area contributed by atoms with Gasteiger partial charge in [0.2, 0.25) is 11.0 Å². The van der Waals surface area contributed by atoms with Crippen LogP contribution in [0.4, 0.5) is 5.13 Å². The maximum atomic E-state index is 12.2. The van der Waals surface area contributed by atoms with E-state index in [0.29, 0.717) is 5.13 Å². The molecule has 0 aliphatic carbocycles. The molecule has 0 fully saturated rings. The van der Waals surface area contributed by atoms with Gasteiger partial charge in [0.1, 0.15) is 10.8 Å². The van der Waals surface area contributed by atoms with Crippen LogP contribution in [0.1, 0.15) is 19.7 Å². The third kappa shape index (κ3) is 4.88. The van der Waals surface area contributed by atoms with Gasteiger partial charge in [-0.05, 0) is 25.3 Å². The average molecular weight is 421 g/mol. The van der Waals surface area contributed by atoms with Gasteiger partial charge >= 0.3 is 0 Å². The van der Waals surface area contributed by atoms with Crippen molar-refractivity contribution in [3.05, 3.63) is 30.1 Å². The highest BCUT2D eigenvalue weighted by molar-refractivity contribution is 7.99. The van der Waals surface area contributed by atoms with E-state index in [-0.39, 0.29) is 11.7 Å². The molecule has 1 N–H and O–H groups in total. The van der Waals surface area contributed by atoms with E-state index in [0.717, 1.165) is 34.5 Å². The Morgan fingerprint density at radius 3 is 2.59 bits per heavy atom. The Kier molecular flexibility index (Phi) is 6.86. The van der Waals surface area contributed by atoms with Crippen molar-refractivity contribution in [2.75, 3.05) is 17.3 Å². The predicted molar refractivity (Wildman–Crippen MR) is 112 cm³/mol. The maximum absolute atomic E-state index is 12.2. The molecule has 0 saturated heterocycles. The van der Waals surface area contributed by atoms with Gasteiger partial charge in [0.15, 0.2) is 5.16 Å². The Morgan fingerprint density at radius 1 is 1.15 bits per heavy atom. The minimum Gasteiger partial charge on any atom is -0.306 e. The zero-order valence-electron chi connectivity index (χ0n) is 15.3. The predicted octanol–water partition coefficient (Wildman–Crippen LogP) is 3.83. The van der Waals surface area contributed by atoms with Gasteiger partial charge in [0, 0.05) is 23.4 Å². The number of benzene rings is 1. The van der Waals surface area contributed by atoms with Gasteiger partial charge in [0.05, 0.1) is 5.75 Å². The van der Waals surface area contributed by atoms with Crippen LogP contribution < -0.4 is 5.32 Å². The largest absolute Gasteiger partial charge is 0.306 e. The molecule has 3 aromatic rings. The number of carbonyl (C=O) groups is 1. The molecule has 10 heteroatoms. The van der Waals surface area contributed by atoms with Crippen molar-refractivity contribution in [2.24, 2.45) is 0 Å². The molecule has 0 saturated carbocycles. The highest BCUT2D eigenvalue weighted by atomic mass is 32.2. The molecule has 0 bridgehead atoms. The zero-order valence-corrected chi connectivity index (χ0v) is 17.7. The lowest BCUT2D eigenvalue weighted by molar-refractivity contribution is -0.113. The van der Waals surface area contributed by atoms with E-state index in [9.17, 15) is 4.79 Å². The van der Waals surface area contributed by atoms with Crippen molar-refractivity contribution in [3.8, 4) is 10.6 Å². The number of hydrogen-bond donors (Lipinski definition) is 1. The molecule has 0 spiro atoms. The van der Waals surface area contributed by atoms with Gasteiger partial charge in [-0.2, -0.15) is 0 Å². The first kappa shape index (κ1) is 19.8. The lowest BCUT2D eigenvalue weighted by Crippen LogP contribution is -2.14. The molecule has 142 valence electrons. The fourth-order valence-electron chi connectivity index (χ4n) is 2.41. The number of nitrogens with zero attached hydrogens (tertiary/aromatic N) is 5. The number of thioether (sulfide) groups is 2. The number of carbonyl (C=O) groups excluding carboxylic acids is 1. The van der Waals surface area contributed by atoms with Crippen molar-refractivity contribution in [1.29, 1.82) is 0 Å². The van der Waals surface area contributed by atoms with Gasteiger partial charge < -0.3 is 4.57 Å². The van der Waals surface area contributed by atoms with Crippen molar-refractivity contribution < 1.29 is 4.79 Å². The molecule has 0 aliphatic heterocycles. The Labute approximate surface area is 170 Å². The van der Waals surface area contributed by atoms with Crippen LogP contribution in [0.3, 0.4) is 0 Å². The lowest BCUT2D eigenvalue weighted by atomic mass is 10.2. The van der Waals surface area contributed by atoms with E-state index < -0.39 is 0 Å². The van der Waals surface area contributed by atoms with Crippen molar-refractivity contribution >= 4 is 45.9 Å². The Hall–Kier alpha value is -1.91. The summed E-state index contributed by atoms with van der Waals surface area (Å²) in [7, 11) is 0. The molecule has 1 aromatic carbocycles. The van der Waals surface area contributed by atoms with Crippen LogP contribution >= 0.6 is 34.9 Å². The molecular weight excluding hydrogens is 400 g/mol. The van der Waals surface area contributed by atoms with Crippen molar-refractivity contribution in [3.63, 3.8) is 0 Å². The third-order valence-electron chi connectivity index (χ3n) is 3.77. The molecule has 0 aliphatic rings. The summed E-state index contributed by atoms with van der Waals surface area (Å²) in [6.45, 7) is 4.87. The second-order valence-corrected chi connectivity index (χ2v) is 8.27. The second-order valence-electron chi connectivity index (χ2n) is 5.47. The van der Waals surface area contributed by atoms with Gasteiger partial charge in [-0.15, -0.1) is 32.2 Å². The number of aromatic nitrogens is 5. The molecule has 3 rings (SSSR count). The minimum absolute atomic E-state index is 0.135. The summed E-state index contributed by atoms with van der Waals surface area (Å²) < 4.78 is 2.03. The summed E-state index contributed by atoms with van der Waals surface area (Å²) in [5.41, 5.74) is 0.989. The molecule has 0 radical (unpaired) electrons. The first-order valence-electron chi connectivity index (χ1n) is 8.47. The monoisotopic (exact) mass is 420 g/mol. The third-order valence-corrected chi connectivity index (χ3v) is 6.36. The van der Waals surface area contributed by atoms with Crippen LogP contribution in [-0.4, -0.2) is 42.9 Å². The first-order valence-corrected chi connectivity index (χ1v) is 11.5. The number of nitrogens with one attached hydrogen (secondary N) is 1. The number of amides is 1. The highest BCUT2D eigenvalue weighted by Gasteiger charge is 2.14. The highest BCUT2D eigenvalue weighted by Crippen LogP contribution is 2.28. The van der Waals surface area contributed by atoms with Crippen LogP contribution in [0, 0.1) is 0 Å². The molecule has 7 nitrogen and oxygen atoms in total. The molecule has 2 aromatic heterocycles. The second kappa shape index (κ2) is 9.34. The van der Waals surface area contributed by atoms with Gasteiger partial charge in [-0.3, -0.25) is 10.1 Å². The van der Waals surface area contributed by atoms with E-state index in [1.165, 1.54) is 28.0 Å². The summed E-state index contributed by atoms with van der Waals surface area (Å²) in [6, 6.07) is 8.11. The SMILES string of the molecule is CCc1nnc(SCC(=O)Nc2nnc(-c3ccc(SC)cc3)s2)n1CC. The fraction of sp³-hybridized carbons (Fsp3) is 0.353. The minimum atomic E-state index is -0.135. The Bertz CT molecular complexity index is 906. The van der Waals surface area contributed by atoms with E-state index in [2.05, 4.69) is 25.7 Å². The molecular formula is C17H20N6OS3. The summed E-state index contributed by atoms with van der Waals surface area (Å²) in [5, 5.41) is 21.4. The summed E-state index contributed by atoms with van der Waals surface area (Å²) in [6.07, 6.45) is 2.86. The number of aryl methyl sites for hydroxylation is 1. The first-order chi connectivity index (χ1) is 13.1. The lowest BCUT2D eigenvalue weighted by Gasteiger charge is -2.05. The summed E-state index contributed by atoms with van der Waals surface area (Å²) in [4.78, 5) is 13.4. The smallest absolute Gasteiger partial charge is 0.236 e. The number of hydrogen-bond acceptors (Lipinski definition) is 8. The van der Waals surface area contributed by atoms with Crippen molar-refractivity contribution in [2.45, 2.75) is 36.9 Å². The number of anilines is 1. The summed E-state index contributed by atoms with van der Waals surface area (Å²) >= 11 is 4.43. The fourth-order valence-corrected chi connectivity index (χ4v) is 4.41. The normalized spacial score (nSPS) is 10.9. The molecule has 1 amide bonds. The summed E-state index contributed by atoms with van der Waals surface area (Å²) in [5.74, 6) is 1.05. The van der Waals surface area contributed by atoms with E-state index >= 15 is 0 Å². The molecule has 0 unspecified atom stereocenters. The van der Waals surface area contributed by atoms with E-state index in [1.54, 1.807) is 11.8 Å². The van der Waals surface area contributed by atoms with Gasteiger partial charge in [-0.1, -0.05) is 42.2 Å². The van der Waals surface area contributed by atoms with Crippen LogP contribution in [0.5, 0.6) is 0 Å². The maximum Gasteiger partial charge on any atom is 0.236 e. The van der Waals surface area contributed by atoms with Crippen molar-refractivity contribution in [1.82, 2.24) is 25.0 Å². The topological polar surface area (TPSA) is 85.6 Å². The Balaban J connectivity index is 1.58. The van der Waals surface area contributed by atoms with Gasteiger partial charge in [-0.25, -0.2) is 0 Å². The van der Waals surface area contributed by atoms with Crippen LogP contribution in [-0.2, 0) is 17.8 Å². The van der Waals surface area contributed by atoms with Crippen LogP contribution in [0.15, 0.2) is 34.3 Å². The molecule has 27 heavy (non-hydrogen) atoms. The molecule has 0 atom stereocenters. The van der Waals surface area contributed by atoms with Crippen LogP contribution in [0.2, 0.25) is 0 Å². The zero-order chi connectivity index (χ0) is 19.2. The van der Waals surface area contributed by atoms with Crippen LogP contribution in [0.25, 0.3) is 10.6 Å². The van der Waals surface area contributed by atoms with Gasteiger partial charge in [0.25, 0.3) is 0 Å². The van der Waals surface area contributed by atoms with E-state index in [1.807, 2.05) is 48.9 Å². The quantitative estimate of drug-likeness (QED) is 0.554. The number of rotatable bonds is 8. The molecule has 2 heterocycles. The Morgan fingerprint density at radius 2 is 1.93 bits per heavy atom. The average Bonchev–Trinajstić information content (AvgIpc) is 3.32. The van der Waals surface area contributed by atoms with E-state index in [4.69, 9.17) is 0 Å².